The number of nitrogens with zero attached hydrogens (tertiary/aromatic N) is 3. The average Bonchev–Trinajstić information content (AvgIpc) is 3.11. The Labute approximate surface area is 178 Å². The Bertz CT molecular complexity index is 1060. The van der Waals surface area contributed by atoms with Crippen molar-refractivity contribution in [3.8, 4) is 0 Å². The smallest absolute Gasteiger partial charge is 0.417 e. The summed E-state index contributed by atoms with van der Waals surface area (Å²) in [4.78, 5) is 22.9. The van der Waals surface area contributed by atoms with Crippen LogP contribution in [0.4, 0.5) is 19.0 Å². The van der Waals surface area contributed by atoms with E-state index < -0.39 is 23.8 Å². The monoisotopic (exact) mass is 482 g/mol. The number of benzene rings is 1. The van der Waals surface area contributed by atoms with E-state index in [1.807, 2.05) is 28.0 Å². The number of alkyl halides is 3. The second kappa shape index (κ2) is 7.92. The number of carbonyl (C=O) groups is 1. The third kappa shape index (κ3) is 4.01. The molecule has 0 bridgehead atoms. The molecule has 0 spiro atoms. The van der Waals surface area contributed by atoms with Crippen LogP contribution in [0.15, 0.2) is 47.2 Å². The summed E-state index contributed by atoms with van der Waals surface area (Å²) in [5.41, 5.74) is 0.744. The lowest BCUT2D eigenvalue weighted by molar-refractivity contribution is -0.143. The van der Waals surface area contributed by atoms with E-state index in [1.165, 1.54) is 6.07 Å². The molecule has 10 heteroatoms. The number of halogens is 4. The first-order chi connectivity index (χ1) is 14.2. The summed E-state index contributed by atoms with van der Waals surface area (Å²) < 4.78 is 39.0. The van der Waals surface area contributed by atoms with Gasteiger partial charge in [-0.25, -0.2) is 4.98 Å². The summed E-state index contributed by atoms with van der Waals surface area (Å²) >= 11 is 3.43. The van der Waals surface area contributed by atoms with Crippen LogP contribution in [0.5, 0.6) is 0 Å². The molecule has 0 amide bonds. The lowest BCUT2D eigenvalue weighted by Gasteiger charge is -2.38. The molecule has 1 aliphatic rings. The zero-order chi connectivity index (χ0) is 21.5. The first-order valence-electron chi connectivity index (χ1n) is 9.25. The number of anilines is 1. The molecule has 3 heterocycles. The van der Waals surface area contributed by atoms with Gasteiger partial charge in [0.2, 0.25) is 0 Å². The van der Waals surface area contributed by atoms with Gasteiger partial charge in [-0.1, -0.05) is 15.9 Å². The molecule has 1 aromatic carbocycles. The highest BCUT2D eigenvalue weighted by Crippen LogP contribution is 2.32. The molecule has 0 saturated carbocycles. The van der Waals surface area contributed by atoms with Gasteiger partial charge in [-0.15, -0.1) is 0 Å². The van der Waals surface area contributed by atoms with Crippen LogP contribution < -0.4 is 4.90 Å². The number of piperazine rings is 1. The van der Waals surface area contributed by atoms with E-state index in [2.05, 4.69) is 25.9 Å². The lowest BCUT2D eigenvalue weighted by Crippen LogP contribution is -2.49. The number of hydrogen-bond donors (Lipinski definition) is 2. The Morgan fingerprint density at radius 3 is 2.50 bits per heavy atom. The van der Waals surface area contributed by atoms with Crippen molar-refractivity contribution in [3.05, 3.63) is 58.3 Å². The number of hydrogen-bond acceptors (Lipinski definition) is 4. The molecule has 3 aromatic rings. The second-order valence-electron chi connectivity index (χ2n) is 7.10. The van der Waals surface area contributed by atoms with Crippen molar-refractivity contribution in [3.63, 3.8) is 0 Å². The van der Waals surface area contributed by atoms with Gasteiger partial charge in [0.15, 0.2) is 0 Å². The molecule has 1 fully saturated rings. The van der Waals surface area contributed by atoms with Crippen molar-refractivity contribution in [2.24, 2.45) is 0 Å². The highest BCUT2D eigenvalue weighted by Gasteiger charge is 2.33. The second-order valence-corrected chi connectivity index (χ2v) is 8.02. The number of aromatic nitrogens is 2. The SMILES string of the molecule is O=C(O)[C@@H](c1c[nH]c2ccc(Br)cc12)N1CCN(c2ccc(C(F)(F)F)cn2)CC1. The number of carboxylic acid groups (broad SMARTS) is 1. The Balaban J connectivity index is 1.51. The van der Waals surface area contributed by atoms with Gasteiger partial charge in [-0.05, 0) is 30.3 Å². The van der Waals surface area contributed by atoms with Crippen molar-refractivity contribution < 1.29 is 23.1 Å². The molecule has 0 unspecified atom stereocenters. The number of aromatic amines is 1. The molecule has 2 N–H and O–H groups in total. The molecule has 0 aliphatic carbocycles. The number of carboxylic acids is 1. The Morgan fingerprint density at radius 1 is 1.17 bits per heavy atom. The van der Waals surface area contributed by atoms with Crippen LogP contribution in [-0.4, -0.2) is 52.1 Å². The molecule has 1 saturated heterocycles. The van der Waals surface area contributed by atoms with Gasteiger partial charge >= 0.3 is 12.1 Å². The molecule has 1 atom stereocenters. The molecular formula is C20H18BrF3N4O2. The molecule has 6 nitrogen and oxygen atoms in total. The van der Waals surface area contributed by atoms with Crippen LogP contribution in [0.3, 0.4) is 0 Å². The predicted octanol–water partition coefficient (Wildman–Crippen LogP) is 4.29. The molecule has 1 aliphatic heterocycles. The van der Waals surface area contributed by atoms with E-state index in [-0.39, 0.29) is 0 Å². The maximum absolute atomic E-state index is 12.7. The Kier molecular flexibility index (Phi) is 5.46. The first kappa shape index (κ1) is 20.7. The molecule has 30 heavy (non-hydrogen) atoms. The minimum absolute atomic E-state index is 0.445. The predicted molar refractivity (Wildman–Crippen MR) is 109 cm³/mol. The maximum Gasteiger partial charge on any atom is 0.417 e. The van der Waals surface area contributed by atoms with Crippen LogP contribution in [0.25, 0.3) is 10.9 Å². The van der Waals surface area contributed by atoms with Gasteiger partial charge in [0.1, 0.15) is 11.9 Å². The van der Waals surface area contributed by atoms with Gasteiger partial charge < -0.3 is 15.0 Å². The number of aliphatic carboxylic acids is 1. The quantitative estimate of drug-likeness (QED) is 0.580. The summed E-state index contributed by atoms with van der Waals surface area (Å²) in [5, 5.41) is 10.8. The van der Waals surface area contributed by atoms with E-state index in [1.54, 1.807) is 6.20 Å². The van der Waals surface area contributed by atoms with E-state index in [0.29, 0.717) is 37.6 Å². The average molecular weight is 483 g/mol. The maximum atomic E-state index is 12.7. The van der Waals surface area contributed by atoms with Crippen LogP contribution in [0, 0.1) is 0 Å². The van der Waals surface area contributed by atoms with Crippen molar-refractivity contribution in [1.29, 1.82) is 0 Å². The topological polar surface area (TPSA) is 72.5 Å². The highest BCUT2D eigenvalue weighted by molar-refractivity contribution is 9.10. The fourth-order valence-electron chi connectivity index (χ4n) is 3.78. The fourth-order valence-corrected chi connectivity index (χ4v) is 4.14. The minimum atomic E-state index is -4.42. The van der Waals surface area contributed by atoms with Gasteiger partial charge in [0.25, 0.3) is 0 Å². The summed E-state index contributed by atoms with van der Waals surface area (Å²) in [6.07, 6.45) is -1.88. The molecular weight excluding hydrogens is 465 g/mol. The van der Waals surface area contributed by atoms with Crippen molar-refractivity contribution in [2.75, 3.05) is 31.1 Å². The van der Waals surface area contributed by atoms with Crippen LogP contribution in [0.1, 0.15) is 17.2 Å². The van der Waals surface area contributed by atoms with Crippen molar-refractivity contribution >= 4 is 38.6 Å². The fraction of sp³-hybridized carbons (Fsp3) is 0.300. The summed E-state index contributed by atoms with van der Waals surface area (Å²) in [7, 11) is 0. The highest BCUT2D eigenvalue weighted by atomic mass is 79.9. The molecule has 0 radical (unpaired) electrons. The number of rotatable bonds is 4. The van der Waals surface area contributed by atoms with Crippen molar-refractivity contribution in [2.45, 2.75) is 12.2 Å². The molecule has 4 rings (SSSR count). The van der Waals surface area contributed by atoms with E-state index >= 15 is 0 Å². The Hall–Kier alpha value is -2.59. The number of pyridine rings is 1. The third-order valence-corrected chi connectivity index (χ3v) is 5.78. The lowest BCUT2D eigenvalue weighted by atomic mass is 10.0. The largest absolute Gasteiger partial charge is 0.480 e. The standard InChI is InChI=1S/C20H18BrF3N4O2/c21-13-2-3-16-14(9-13)15(11-25-16)18(19(29)30)28-7-5-27(6-8-28)17-4-1-12(10-26-17)20(22,23)24/h1-4,9-11,18,25H,5-8H2,(H,29,30)/t18-/m1/s1. The van der Waals surface area contributed by atoms with Gasteiger partial charge in [-0.2, -0.15) is 13.2 Å². The van der Waals surface area contributed by atoms with Crippen LogP contribution in [-0.2, 0) is 11.0 Å². The van der Waals surface area contributed by atoms with E-state index in [4.69, 9.17) is 0 Å². The van der Waals surface area contributed by atoms with Gasteiger partial charge in [0.05, 0.1) is 5.56 Å². The number of fused-ring (bicyclic) bond motifs is 1. The van der Waals surface area contributed by atoms with E-state index in [9.17, 15) is 23.1 Å². The zero-order valence-electron chi connectivity index (χ0n) is 15.7. The first-order valence-corrected chi connectivity index (χ1v) is 10.0. The Morgan fingerprint density at radius 2 is 1.90 bits per heavy atom. The normalized spacial score (nSPS) is 16.7. The van der Waals surface area contributed by atoms with Gasteiger partial charge in [-0.3, -0.25) is 9.69 Å². The summed E-state index contributed by atoms with van der Waals surface area (Å²) in [5.74, 6) is -0.498. The third-order valence-electron chi connectivity index (χ3n) is 5.28. The van der Waals surface area contributed by atoms with Crippen LogP contribution in [0.2, 0.25) is 0 Å². The summed E-state index contributed by atoms with van der Waals surface area (Å²) in [6.45, 7) is 1.82. The number of nitrogens with one attached hydrogen (secondary N) is 1. The summed E-state index contributed by atoms with van der Waals surface area (Å²) in [6, 6.07) is 7.20. The minimum Gasteiger partial charge on any atom is -0.480 e. The zero-order valence-corrected chi connectivity index (χ0v) is 17.2. The van der Waals surface area contributed by atoms with Crippen LogP contribution >= 0.6 is 15.9 Å². The molecule has 158 valence electrons. The molecule has 2 aromatic heterocycles. The number of H-pyrrole nitrogens is 1. The van der Waals surface area contributed by atoms with Crippen molar-refractivity contribution in [1.82, 2.24) is 14.9 Å². The van der Waals surface area contributed by atoms with E-state index in [0.717, 1.165) is 27.6 Å². The van der Waals surface area contributed by atoms with Gasteiger partial charge in [0, 0.05) is 59.5 Å².